The molecule has 6 heteroatoms. The summed E-state index contributed by atoms with van der Waals surface area (Å²) in [6.45, 7) is 0. The molecular formula is C8H5NO3S2. The first kappa shape index (κ1) is 9.29. The van der Waals surface area contributed by atoms with Gasteiger partial charge in [0.1, 0.15) is 10.4 Å². The lowest BCUT2D eigenvalue weighted by Crippen LogP contribution is -1.87. The Kier molecular flexibility index (Phi) is 2.09. The van der Waals surface area contributed by atoms with Gasteiger partial charge in [-0.05, 0) is 6.07 Å². The number of hydrogen-bond acceptors (Lipinski definition) is 5. The number of nitro benzene ring substituents is 1. The van der Waals surface area contributed by atoms with E-state index in [0.717, 1.165) is 0 Å². The van der Waals surface area contributed by atoms with Gasteiger partial charge in [-0.15, -0.1) is 24.0 Å². The number of nitro groups is 1. The molecule has 0 aliphatic heterocycles. The van der Waals surface area contributed by atoms with E-state index in [1.54, 1.807) is 5.38 Å². The van der Waals surface area contributed by atoms with Crippen molar-refractivity contribution in [1.29, 1.82) is 0 Å². The molecule has 0 aliphatic carbocycles. The highest BCUT2D eigenvalue weighted by molar-refractivity contribution is 7.80. The predicted octanol–water partition coefficient (Wildman–Crippen LogP) is 2.80. The minimum Gasteiger partial charge on any atom is -0.507 e. The SMILES string of the molecule is O=[N+]([O-])c1ccc(O)c2c(S)csc12. The normalized spacial score (nSPS) is 10.6. The van der Waals surface area contributed by atoms with Crippen molar-refractivity contribution in [2.45, 2.75) is 4.90 Å². The molecule has 2 rings (SSSR count). The highest BCUT2D eigenvalue weighted by atomic mass is 32.1. The van der Waals surface area contributed by atoms with Crippen molar-refractivity contribution in [3.8, 4) is 5.75 Å². The van der Waals surface area contributed by atoms with Crippen LogP contribution in [0.5, 0.6) is 5.75 Å². The van der Waals surface area contributed by atoms with E-state index in [4.69, 9.17) is 0 Å². The molecule has 0 radical (unpaired) electrons. The molecule has 0 saturated heterocycles. The Morgan fingerprint density at radius 3 is 2.86 bits per heavy atom. The molecule has 4 nitrogen and oxygen atoms in total. The predicted molar refractivity (Wildman–Crippen MR) is 57.4 cm³/mol. The second kappa shape index (κ2) is 3.14. The van der Waals surface area contributed by atoms with Crippen LogP contribution in [0.3, 0.4) is 0 Å². The molecule has 0 spiro atoms. The van der Waals surface area contributed by atoms with Crippen LogP contribution < -0.4 is 0 Å². The number of hydrogen-bond donors (Lipinski definition) is 2. The van der Waals surface area contributed by atoms with Crippen molar-refractivity contribution >= 4 is 39.7 Å². The molecule has 14 heavy (non-hydrogen) atoms. The minimum absolute atomic E-state index is 0.00287. The highest BCUT2D eigenvalue weighted by Crippen LogP contribution is 2.40. The van der Waals surface area contributed by atoms with Gasteiger partial charge in [0.2, 0.25) is 0 Å². The number of thiophene rings is 1. The average molecular weight is 227 g/mol. The molecule has 72 valence electrons. The van der Waals surface area contributed by atoms with Crippen LogP contribution in [0.25, 0.3) is 10.1 Å². The van der Waals surface area contributed by atoms with Gasteiger partial charge < -0.3 is 5.11 Å². The Hall–Kier alpha value is -1.27. The number of benzene rings is 1. The average Bonchev–Trinajstić information content (AvgIpc) is 2.49. The minimum atomic E-state index is -0.467. The Balaban J connectivity index is 2.90. The summed E-state index contributed by atoms with van der Waals surface area (Å²) in [6, 6.07) is 2.61. The Bertz CT molecular complexity index is 521. The van der Waals surface area contributed by atoms with Crippen molar-refractivity contribution in [2.75, 3.05) is 0 Å². The van der Waals surface area contributed by atoms with E-state index in [-0.39, 0.29) is 11.4 Å². The molecule has 1 N–H and O–H groups in total. The fourth-order valence-corrected chi connectivity index (χ4v) is 2.65. The van der Waals surface area contributed by atoms with Crippen LogP contribution in [0, 0.1) is 10.1 Å². The first-order chi connectivity index (χ1) is 6.61. The van der Waals surface area contributed by atoms with Gasteiger partial charge in [0.25, 0.3) is 5.69 Å². The van der Waals surface area contributed by atoms with E-state index in [1.807, 2.05) is 0 Å². The second-order valence-electron chi connectivity index (χ2n) is 2.69. The van der Waals surface area contributed by atoms with Gasteiger partial charge in [-0.2, -0.15) is 0 Å². The van der Waals surface area contributed by atoms with E-state index in [0.29, 0.717) is 15.0 Å². The topological polar surface area (TPSA) is 63.4 Å². The van der Waals surface area contributed by atoms with E-state index in [2.05, 4.69) is 12.6 Å². The van der Waals surface area contributed by atoms with Gasteiger partial charge in [0.15, 0.2) is 0 Å². The van der Waals surface area contributed by atoms with Crippen LogP contribution in [0.4, 0.5) is 5.69 Å². The van der Waals surface area contributed by atoms with Crippen LogP contribution >= 0.6 is 24.0 Å². The molecule has 2 aromatic rings. The lowest BCUT2D eigenvalue weighted by atomic mass is 10.2. The van der Waals surface area contributed by atoms with Crippen molar-refractivity contribution in [3.05, 3.63) is 27.6 Å². The summed E-state index contributed by atoms with van der Waals surface area (Å²) in [5.74, 6) is 0.0249. The zero-order chi connectivity index (χ0) is 10.3. The van der Waals surface area contributed by atoms with Crippen molar-refractivity contribution < 1.29 is 10.0 Å². The lowest BCUT2D eigenvalue weighted by Gasteiger charge is -1.97. The van der Waals surface area contributed by atoms with Gasteiger partial charge in [0, 0.05) is 16.3 Å². The molecule has 0 atom stereocenters. The molecule has 0 bridgehead atoms. The van der Waals surface area contributed by atoms with Gasteiger partial charge in [0.05, 0.1) is 10.3 Å². The zero-order valence-electron chi connectivity index (χ0n) is 6.80. The Labute approximate surface area is 88.4 Å². The monoisotopic (exact) mass is 227 g/mol. The number of thiol groups is 1. The van der Waals surface area contributed by atoms with Crippen LogP contribution in [0.2, 0.25) is 0 Å². The number of rotatable bonds is 1. The van der Waals surface area contributed by atoms with Crippen molar-refractivity contribution in [3.63, 3.8) is 0 Å². The van der Waals surface area contributed by atoms with Crippen LogP contribution in [0.1, 0.15) is 0 Å². The molecule has 1 heterocycles. The smallest absolute Gasteiger partial charge is 0.287 e. The maximum absolute atomic E-state index is 10.6. The summed E-state index contributed by atoms with van der Waals surface area (Å²) in [5, 5.41) is 22.2. The van der Waals surface area contributed by atoms with E-state index in [1.165, 1.54) is 23.5 Å². The molecule has 0 fully saturated rings. The number of phenolic OH excluding ortho intramolecular Hbond substituents is 1. The maximum Gasteiger partial charge on any atom is 0.287 e. The van der Waals surface area contributed by atoms with E-state index in [9.17, 15) is 15.2 Å². The highest BCUT2D eigenvalue weighted by Gasteiger charge is 2.17. The van der Waals surface area contributed by atoms with E-state index < -0.39 is 4.92 Å². The summed E-state index contributed by atoms with van der Waals surface area (Å²) in [4.78, 5) is 10.7. The molecule has 0 unspecified atom stereocenters. The van der Waals surface area contributed by atoms with Gasteiger partial charge >= 0.3 is 0 Å². The standard InChI is InChI=1S/C8H5NO3S2/c10-5-2-1-4(9(11)12)8-7(5)6(13)3-14-8/h1-3,10,13H. The lowest BCUT2D eigenvalue weighted by molar-refractivity contribution is -0.382. The molecule has 1 aromatic carbocycles. The van der Waals surface area contributed by atoms with Crippen LogP contribution in [-0.2, 0) is 0 Å². The number of aromatic hydroxyl groups is 1. The third kappa shape index (κ3) is 1.23. The summed E-state index contributed by atoms with van der Waals surface area (Å²) in [7, 11) is 0. The fraction of sp³-hybridized carbons (Fsp3) is 0. The van der Waals surface area contributed by atoms with E-state index >= 15 is 0 Å². The first-order valence-corrected chi connectivity index (χ1v) is 5.00. The molecule has 0 amide bonds. The molecule has 0 saturated carbocycles. The maximum atomic E-state index is 10.6. The third-order valence-electron chi connectivity index (χ3n) is 1.86. The Morgan fingerprint density at radius 1 is 1.50 bits per heavy atom. The van der Waals surface area contributed by atoms with Crippen molar-refractivity contribution in [1.82, 2.24) is 0 Å². The molecular weight excluding hydrogens is 222 g/mol. The third-order valence-corrected chi connectivity index (χ3v) is 3.39. The summed E-state index contributed by atoms with van der Waals surface area (Å²) in [6.07, 6.45) is 0. The Morgan fingerprint density at radius 2 is 2.21 bits per heavy atom. The van der Waals surface area contributed by atoms with Gasteiger partial charge in [-0.1, -0.05) is 0 Å². The molecule has 1 aromatic heterocycles. The zero-order valence-corrected chi connectivity index (χ0v) is 8.51. The fourth-order valence-electron chi connectivity index (χ4n) is 1.25. The van der Waals surface area contributed by atoms with Gasteiger partial charge in [-0.25, -0.2) is 0 Å². The van der Waals surface area contributed by atoms with Crippen LogP contribution in [0.15, 0.2) is 22.4 Å². The largest absolute Gasteiger partial charge is 0.507 e. The second-order valence-corrected chi connectivity index (χ2v) is 4.05. The summed E-state index contributed by atoms with van der Waals surface area (Å²) < 4.78 is 0.458. The summed E-state index contributed by atoms with van der Waals surface area (Å²) >= 11 is 5.32. The molecule has 0 aliphatic rings. The van der Waals surface area contributed by atoms with Crippen LogP contribution in [-0.4, -0.2) is 10.0 Å². The number of nitrogens with zero attached hydrogens (tertiary/aromatic N) is 1. The summed E-state index contributed by atoms with van der Waals surface area (Å²) in [5.41, 5.74) is 0.00287. The first-order valence-electron chi connectivity index (χ1n) is 3.68. The quantitative estimate of drug-likeness (QED) is 0.447. The number of phenols is 1. The van der Waals surface area contributed by atoms with Crippen molar-refractivity contribution in [2.24, 2.45) is 0 Å². The number of fused-ring (bicyclic) bond motifs is 1. The van der Waals surface area contributed by atoms with Gasteiger partial charge in [-0.3, -0.25) is 10.1 Å². The number of non-ortho nitro benzene ring substituents is 1.